The van der Waals surface area contributed by atoms with E-state index < -0.39 is 40.5 Å². The van der Waals surface area contributed by atoms with E-state index in [9.17, 15) is 17.6 Å². The van der Waals surface area contributed by atoms with Crippen LogP contribution in [-0.4, -0.2) is 76.4 Å². The standard InChI is InChI=1S/C30H33ClF5N7O/c1-15-8-21(37)39-26(23(15)30(34,35)36)22-20(31)9-19-25(24(22)33)40-28(44-14-29-6-3-7-43(29)11-16(32)10-29)41-27(19)42-12-17-4-2-5-18(13-42)38-17/h8-9,16-18,38H,2-7,10-14H2,1H3,(H2,37,39)/t16-,17?,18?,29-/m1/s1. The Morgan fingerprint density at radius 3 is 2.59 bits per heavy atom. The number of nitrogens with zero attached hydrogens (tertiary/aromatic N) is 5. The number of nitrogens with one attached hydrogen (secondary N) is 1. The molecule has 3 aromatic rings. The molecule has 6 heterocycles. The van der Waals surface area contributed by atoms with Crippen molar-refractivity contribution in [2.45, 2.75) is 75.4 Å². The van der Waals surface area contributed by atoms with Gasteiger partial charge in [0.15, 0.2) is 5.82 Å². The number of ether oxygens (including phenoxy) is 1. The zero-order chi connectivity index (χ0) is 31.0. The maximum Gasteiger partial charge on any atom is 0.418 e. The topological polar surface area (TPSA) is 92.4 Å². The Hall–Kier alpha value is -3.03. The molecule has 0 aliphatic carbocycles. The van der Waals surface area contributed by atoms with E-state index in [4.69, 9.17) is 27.1 Å². The van der Waals surface area contributed by atoms with Crippen LogP contribution in [0.1, 0.15) is 49.7 Å². The summed E-state index contributed by atoms with van der Waals surface area (Å²) in [5.74, 6) is -0.896. The van der Waals surface area contributed by atoms with E-state index in [-0.39, 0.29) is 52.0 Å². The van der Waals surface area contributed by atoms with E-state index in [1.54, 1.807) is 0 Å². The zero-order valence-corrected chi connectivity index (χ0v) is 24.9. The summed E-state index contributed by atoms with van der Waals surface area (Å²) >= 11 is 6.59. The van der Waals surface area contributed by atoms with Crippen molar-refractivity contribution in [1.82, 2.24) is 25.2 Å². The number of hydrogen-bond acceptors (Lipinski definition) is 8. The molecule has 3 N–H and O–H groups in total. The van der Waals surface area contributed by atoms with Gasteiger partial charge in [-0.2, -0.15) is 23.1 Å². The highest BCUT2D eigenvalue weighted by molar-refractivity contribution is 6.34. The van der Waals surface area contributed by atoms with Crippen molar-refractivity contribution in [3.8, 4) is 17.3 Å². The van der Waals surface area contributed by atoms with Crippen molar-refractivity contribution in [3.63, 3.8) is 0 Å². The summed E-state index contributed by atoms with van der Waals surface area (Å²) in [5, 5.41) is 3.59. The van der Waals surface area contributed by atoms with Crippen LogP contribution in [0.25, 0.3) is 22.2 Å². The minimum Gasteiger partial charge on any atom is -0.461 e. The monoisotopic (exact) mass is 637 g/mol. The quantitative estimate of drug-likeness (QED) is 0.346. The van der Waals surface area contributed by atoms with Crippen molar-refractivity contribution in [3.05, 3.63) is 34.1 Å². The predicted molar refractivity (Wildman–Crippen MR) is 157 cm³/mol. The molecule has 7 rings (SSSR count). The van der Waals surface area contributed by atoms with E-state index in [1.165, 1.54) is 13.0 Å². The number of piperazine rings is 1. The highest BCUT2D eigenvalue weighted by atomic mass is 35.5. The highest BCUT2D eigenvalue weighted by Crippen LogP contribution is 2.45. The average Bonchev–Trinajstić information content (AvgIpc) is 3.46. The molecule has 1 aromatic carbocycles. The van der Waals surface area contributed by atoms with E-state index in [0.29, 0.717) is 31.9 Å². The second-order valence-electron chi connectivity index (χ2n) is 12.6. The van der Waals surface area contributed by atoms with Crippen LogP contribution < -0.4 is 20.7 Å². The lowest BCUT2D eigenvalue weighted by Gasteiger charge is -2.43. The Kier molecular flexibility index (Phi) is 7.28. The lowest BCUT2D eigenvalue weighted by Crippen LogP contribution is -2.59. The number of aryl methyl sites for hydroxylation is 1. The molecule has 2 unspecified atom stereocenters. The van der Waals surface area contributed by atoms with Gasteiger partial charge in [0.25, 0.3) is 0 Å². The van der Waals surface area contributed by atoms with Crippen LogP contribution in [0.15, 0.2) is 12.1 Å². The third-order valence-electron chi connectivity index (χ3n) is 9.59. The molecule has 0 saturated carbocycles. The third-order valence-corrected chi connectivity index (χ3v) is 9.89. The Bertz CT molecular complexity index is 1610. The minimum atomic E-state index is -4.85. The molecule has 4 aliphatic rings. The van der Waals surface area contributed by atoms with Crippen LogP contribution in [-0.2, 0) is 6.18 Å². The summed E-state index contributed by atoms with van der Waals surface area (Å²) in [6, 6.07) is 2.77. The maximum atomic E-state index is 16.6. The van der Waals surface area contributed by atoms with Gasteiger partial charge < -0.3 is 20.7 Å². The number of aromatic nitrogens is 3. The van der Waals surface area contributed by atoms with Crippen LogP contribution in [0.5, 0.6) is 6.01 Å². The van der Waals surface area contributed by atoms with Gasteiger partial charge in [-0.3, -0.25) is 4.90 Å². The van der Waals surface area contributed by atoms with E-state index in [1.807, 2.05) is 4.90 Å². The zero-order valence-electron chi connectivity index (χ0n) is 24.2. The van der Waals surface area contributed by atoms with Crippen molar-refractivity contribution >= 4 is 34.1 Å². The van der Waals surface area contributed by atoms with Gasteiger partial charge in [-0.15, -0.1) is 0 Å². The lowest BCUT2D eigenvalue weighted by atomic mass is 9.94. The molecule has 2 bridgehead atoms. The maximum absolute atomic E-state index is 16.6. The van der Waals surface area contributed by atoms with Gasteiger partial charge in [0.05, 0.1) is 27.4 Å². The Labute approximate surface area is 256 Å². The average molecular weight is 638 g/mol. The number of benzene rings is 1. The number of hydrogen-bond donors (Lipinski definition) is 2. The second-order valence-corrected chi connectivity index (χ2v) is 13.0. The molecule has 4 fully saturated rings. The molecule has 44 heavy (non-hydrogen) atoms. The molecule has 236 valence electrons. The number of nitrogen functional groups attached to an aromatic ring is 1. The van der Waals surface area contributed by atoms with Gasteiger partial charge in [0, 0.05) is 43.5 Å². The normalized spacial score (nSPS) is 27.2. The van der Waals surface area contributed by atoms with Gasteiger partial charge >= 0.3 is 12.2 Å². The minimum absolute atomic E-state index is 0.113. The van der Waals surface area contributed by atoms with Gasteiger partial charge in [0.2, 0.25) is 0 Å². The van der Waals surface area contributed by atoms with E-state index >= 15 is 4.39 Å². The first kappa shape index (κ1) is 29.7. The van der Waals surface area contributed by atoms with Crippen LogP contribution in [0, 0.1) is 12.7 Å². The number of halogens is 6. The van der Waals surface area contributed by atoms with Gasteiger partial charge in [-0.1, -0.05) is 18.0 Å². The number of nitrogens with two attached hydrogens (primary N) is 1. The van der Waals surface area contributed by atoms with Crippen molar-refractivity contribution in [2.24, 2.45) is 0 Å². The molecule has 8 nitrogen and oxygen atoms in total. The second kappa shape index (κ2) is 10.8. The summed E-state index contributed by atoms with van der Waals surface area (Å²) in [6.45, 7) is 3.64. The number of alkyl halides is 4. The van der Waals surface area contributed by atoms with Crippen LogP contribution in [0.4, 0.5) is 33.6 Å². The summed E-state index contributed by atoms with van der Waals surface area (Å²) in [5.41, 5.74) is 2.49. The van der Waals surface area contributed by atoms with E-state index in [2.05, 4.69) is 20.2 Å². The van der Waals surface area contributed by atoms with Crippen LogP contribution >= 0.6 is 11.6 Å². The summed E-state index contributed by atoms with van der Waals surface area (Å²) in [7, 11) is 0. The molecule has 0 amide bonds. The predicted octanol–water partition coefficient (Wildman–Crippen LogP) is 5.68. The fourth-order valence-corrected chi connectivity index (χ4v) is 8.03. The Morgan fingerprint density at radius 1 is 1.11 bits per heavy atom. The molecule has 14 heteroatoms. The fourth-order valence-electron chi connectivity index (χ4n) is 7.75. The number of rotatable bonds is 5. The lowest BCUT2D eigenvalue weighted by molar-refractivity contribution is -0.137. The Morgan fingerprint density at radius 2 is 1.86 bits per heavy atom. The number of piperidine rings is 1. The van der Waals surface area contributed by atoms with E-state index in [0.717, 1.165) is 44.7 Å². The van der Waals surface area contributed by atoms with Gasteiger partial charge in [-0.05, 0) is 56.8 Å². The number of pyridine rings is 1. The van der Waals surface area contributed by atoms with Gasteiger partial charge in [0.1, 0.15) is 29.9 Å². The molecular weight excluding hydrogens is 605 g/mol. The molecule has 0 radical (unpaired) electrons. The number of fused-ring (bicyclic) bond motifs is 4. The summed E-state index contributed by atoms with van der Waals surface area (Å²) in [6.07, 6.45) is -0.783. The van der Waals surface area contributed by atoms with Crippen molar-refractivity contribution in [1.29, 1.82) is 0 Å². The van der Waals surface area contributed by atoms with Crippen LogP contribution in [0.2, 0.25) is 5.02 Å². The smallest absolute Gasteiger partial charge is 0.418 e. The first-order valence-corrected chi connectivity index (χ1v) is 15.4. The van der Waals surface area contributed by atoms with Crippen molar-refractivity contribution < 1.29 is 26.7 Å². The van der Waals surface area contributed by atoms with Crippen LogP contribution in [0.3, 0.4) is 0 Å². The molecule has 4 saturated heterocycles. The fraction of sp³-hybridized carbons (Fsp3) is 0.567. The molecule has 4 atom stereocenters. The molecule has 4 aliphatic heterocycles. The Balaban J connectivity index is 1.38. The molecule has 2 aromatic heterocycles. The summed E-state index contributed by atoms with van der Waals surface area (Å²) < 4.78 is 79.9. The molecular formula is C30H33ClF5N7O. The third kappa shape index (κ3) is 5.10. The van der Waals surface area contributed by atoms with Gasteiger partial charge in [-0.25, -0.2) is 13.8 Å². The SMILES string of the molecule is Cc1cc(N)nc(-c2c(Cl)cc3c(N4CC5CCCC(C4)N5)nc(OC[C@]45CCCN4C[C@H](F)C5)nc3c2F)c1C(F)(F)F. The largest absolute Gasteiger partial charge is 0.461 e. The molecule has 0 spiro atoms. The first-order chi connectivity index (χ1) is 20.9. The highest BCUT2D eigenvalue weighted by Gasteiger charge is 2.49. The summed E-state index contributed by atoms with van der Waals surface area (Å²) in [4.78, 5) is 17.1. The first-order valence-electron chi connectivity index (χ1n) is 15.0. The van der Waals surface area contributed by atoms with Crippen molar-refractivity contribution in [2.75, 3.05) is 43.4 Å². The number of anilines is 2.